The van der Waals surface area contributed by atoms with Crippen LogP contribution in [0.5, 0.6) is 0 Å². The van der Waals surface area contributed by atoms with Crippen LogP contribution in [0, 0.1) is 0 Å². The zero-order valence-electron chi connectivity index (χ0n) is 10.1. The van der Waals surface area contributed by atoms with Crippen molar-refractivity contribution < 1.29 is 0 Å². The second kappa shape index (κ2) is 4.60. The van der Waals surface area contributed by atoms with E-state index >= 15 is 0 Å². The van der Waals surface area contributed by atoms with Crippen LogP contribution in [0.4, 0.5) is 0 Å². The van der Waals surface area contributed by atoms with Gasteiger partial charge in [0, 0.05) is 5.92 Å². The molecule has 0 aliphatic carbocycles. The highest BCUT2D eigenvalue weighted by Crippen LogP contribution is 2.18. The Labute approximate surface area is 95.7 Å². The van der Waals surface area contributed by atoms with Crippen molar-refractivity contribution in [1.29, 1.82) is 0 Å². The van der Waals surface area contributed by atoms with Gasteiger partial charge in [-0.25, -0.2) is 0 Å². The van der Waals surface area contributed by atoms with Crippen LogP contribution in [-0.2, 0) is 6.42 Å². The highest BCUT2D eigenvalue weighted by Gasteiger charge is 2.13. The van der Waals surface area contributed by atoms with E-state index in [1.807, 2.05) is 16.6 Å². The summed E-state index contributed by atoms with van der Waals surface area (Å²) in [6.07, 6.45) is 3.22. The van der Waals surface area contributed by atoms with Crippen LogP contribution in [0.1, 0.15) is 51.0 Å². The predicted octanol–water partition coefficient (Wildman–Crippen LogP) is 2.59. The van der Waals surface area contributed by atoms with Crippen LogP contribution in [-0.4, -0.2) is 19.8 Å². The summed E-state index contributed by atoms with van der Waals surface area (Å²) in [7, 11) is 0. The summed E-state index contributed by atoms with van der Waals surface area (Å²) >= 11 is 0. The van der Waals surface area contributed by atoms with Gasteiger partial charge < -0.3 is 0 Å². The van der Waals surface area contributed by atoms with E-state index in [-0.39, 0.29) is 0 Å². The monoisotopic (exact) mass is 218 g/mol. The van der Waals surface area contributed by atoms with Gasteiger partial charge in [-0.2, -0.15) is 9.61 Å². The summed E-state index contributed by atoms with van der Waals surface area (Å²) in [5, 5.41) is 12.9. The summed E-state index contributed by atoms with van der Waals surface area (Å²) in [5.74, 6) is 1.40. The molecule has 2 aromatic heterocycles. The van der Waals surface area contributed by atoms with E-state index in [2.05, 4.69) is 36.1 Å². The van der Waals surface area contributed by atoms with Crippen molar-refractivity contribution in [3.63, 3.8) is 0 Å². The topological polar surface area (TPSA) is 43.1 Å². The van der Waals surface area contributed by atoms with Gasteiger partial charge in [0.25, 0.3) is 0 Å². The molecule has 0 fully saturated rings. The lowest BCUT2D eigenvalue weighted by atomic mass is 10.1. The van der Waals surface area contributed by atoms with Crippen LogP contribution in [0.2, 0.25) is 0 Å². The third-order valence-electron chi connectivity index (χ3n) is 2.87. The molecule has 86 valence electrons. The number of aromatic nitrogens is 4. The Bertz CT molecular complexity index is 475. The van der Waals surface area contributed by atoms with E-state index < -0.39 is 0 Å². The zero-order chi connectivity index (χ0) is 11.5. The summed E-state index contributed by atoms with van der Waals surface area (Å²) < 4.78 is 1.89. The molecule has 2 rings (SSSR count). The first kappa shape index (κ1) is 11.0. The van der Waals surface area contributed by atoms with Crippen molar-refractivity contribution >= 4 is 5.65 Å². The van der Waals surface area contributed by atoms with Gasteiger partial charge >= 0.3 is 0 Å². The average molecular weight is 218 g/mol. The molecule has 0 saturated carbocycles. The fourth-order valence-electron chi connectivity index (χ4n) is 1.90. The molecule has 0 bridgehead atoms. The maximum atomic E-state index is 4.55. The first-order valence-corrected chi connectivity index (χ1v) is 5.97. The molecule has 0 amide bonds. The molecule has 0 aliphatic rings. The molecule has 0 aromatic carbocycles. The second-order valence-corrected chi connectivity index (χ2v) is 4.20. The van der Waals surface area contributed by atoms with Crippen molar-refractivity contribution in [2.24, 2.45) is 0 Å². The third kappa shape index (κ3) is 1.92. The molecule has 16 heavy (non-hydrogen) atoms. The smallest absolute Gasteiger partial charge is 0.177 e. The van der Waals surface area contributed by atoms with Crippen molar-refractivity contribution in [2.75, 3.05) is 0 Å². The molecule has 0 aliphatic heterocycles. The highest BCUT2D eigenvalue weighted by molar-refractivity contribution is 5.36. The van der Waals surface area contributed by atoms with Gasteiger partial charge in [-0.1, -0.05) is 27.2 Å². The van der Waals surface area contributed by atoms with E-state index in [1.54, 1.807) is 0 Å². The number of hydrogen-bond donors (Lipinski definition) is 0. The number of nitrogens with zero attached hydrogens (tertiary/aromatic N) is 4. The summed E-state index contributed by atoms with van der Waals surface area (Å²) in [5.41, 5.74) is 1.92. The Kier molecular flexibility index (Phi) is 3.17. The van der Waals surface area contributed by atoms with Crippen molar-refractivity contribution in [2.45, 2.75) is 46.0 Å². The Hall–Kier alpha value is -1.45. The minimum Gasteiger partial charge on any atom is -0.197 e. The molecule has 0 N–H and O–H groups in total. The molecular formula is C12H18N4. The predicted molar refractivity (Wildman–Crippen MR) is 63.5 cm³/mol. The van der Waals surface area contributed by atoms with E-state index in [4.69, 9.17) is 0 Å². The van der Waals surface area contributed by atoms with Gasteiger partial charge in [0.1, 0.15) is 0 Å². The van der Waals surface area contributed by atoms with Gasteiger partial charge in [0.2, 0.25) is 0 Å². The largest absolute Gasteiger partial charge is 0.197 e. The molecule has 4 heteroatoms. The van der Waals surface area contributed by atoms with Gasteiger partial charge in [-0.3, -0.25) is 0 Å². The molecule has 0 spiro atoms. The number of hydrogen-bond acceptors (Lipinski definition) is 3. The fraction of sp³-hybridized carbons (Fsp3) is 0.583. The number of aryl methyl sites for hydroxylation is 1. The maximum absolute atomic E-state index is 4.55. The van der Waals surface area contributed by atoms with Gasteiger partial charge in [-0.05, 0) is 25.0 Å². The molecule has 0 radical (unpaired) electrons. The van der Waals surface area contributed by atoms with Gasteiger partial charge in [0.05, 0.1) is 5.69 Å². The Morgan fingerprint density at radius 3 is 2.75 bits per heavy atom. The Morgan fingerprint density at radius 1 is 1.25 bits per heavy atom. The normalized spacial score (nSPS) is 13.2. The van der Waals surface area contributed by atoms with Crippen molar-refractivity contribution in [3.8, 4) is 0 Å². The quantitative estimate of drug-likeness (QED) is 0.792. The summed E-state index contributed by atoms with van der Waals surface area (Å²) in [4.78, 5) is 0. The molecular weight excluding hydrogens is 200 g/mol. The zero-order valence-corrected chi connectivity index (χ0v) is 10.1. The Morgan fingerprint density at radius 2 is 2.06 bits per heavy atom. The summed E-state index contributed by atoms with van der Waals surface area (Å²) in [6.45, 7) is 6.47. The van der Waals surface area contributed by atoms with Crippen molar-refractivity contribution in [1.82, 2.24) is 19.8 Å². The third-order valence-corrected chi connectivity index (χ3v) is 2.87. The van der Waals surface area contributed by atoms with Crippen LogP contribution in [0.15, 0.2) is 12.1 Å². The lowest BCUT2D eigenvalue weighted by molar-refractivity contribution is 0.603. The fourth-order valence-corrected chi connectivity index (χ4v) is 1.90. The Balaban J connectivity index is 2.45. The maximum Gasteiger partial charge on any atom is 0.177 e. The standard InChI is InChI=1S/C12H18N4/c1-4-6-9(3)12-14-13-11-8-7-10(5-2)15-16(11)12/h7-9H,4-6H2,1-3H3. The van der Waals surface area contributed by atoms with E-state index in [0.717, 1.165) is 36.4 Å². The van der Waals surface area contributed by atoms with Gasteiger partial charge in [0.15, 0.2) is 11.5 Å². The number of rotatable bonds is 4. The van der Waals surface area contributed by atoms with E-state index in [1.165, 1.54) is 0 Å². The molecule has 2 heterocycles. The minimum absolute atomic E-state index is 0.416. The van der Waals surface area contributed by atoms with Gasteiger partial charge in [-0.15, -0.1) is 10.2 Å². The van der Waals surface area contributed by atoms with Crippen molar-refractivity contribution in [3.05, 3.63) is 23.7 Å². The lowest BCUT2D eigenvalue weighted by Gasteiger charge is -2.07. The molecule has 2 aromatic rings. The highest BCUT2D eigenvalue weighted by atomic mass is 15.4. The number of fused-ring (bicyclic) bond motifs is 1. The molecule has 0 saturated heterocycles. The second-order valence-electron chi connectivity index (χ2n) is 4.20. The molecule has 4 nitrogen and oxygen atoms in total. The summed E-state index contributed by atoms with van der Waals surface area (Å²) in [6, 6.07) is 4.00. The van der Waals surface area contributed by atoms with Crippen LogP contribution >= 0.6 is 0 Å². The average Bonchev–Trinajstić information content (AvgIpc) is 2.71. The minimum atomic E-state index is 0.416. The van der Waals surface area contributed by atoms with Crippen LogP contribution < -0.4 is 0 Å². The first-order chi connectivity index (χ1) is 7.76. The van der Waals surface area contributed by atoms with E-state index in [9.17, 15) is 0 Å². The van der Waals surface area contributed by atoms with Crippen LogP contribution in [0.3, 0.4) is 0 Å². The van der Waals surface area contributed by atoms with E-state index in [0.29, 0.717) is 5.92 Å². The first-order valence-electron chi connectivity index (χ1n) is 5.97. The SMILES string of the molecule is CCCC(C)c1nnc2ccc(CC)nn12. The molecule has 1 unspecified atom stereocenters. The lowest BCUT2D eigenvalue weighted by Crippen LogP contribution is -2.05. The molecule has 1 atom stereocenters. The van der Waals surface area contributed by atoms with Crippen LogP contribution in [0.25, 0.3) is 5.65 Å².